The lowest BCUT2D eigenvalue weighted by atomic mass is 10.2. The summed E-state index contributed by atoms with van der Waals surface area (Å²) in [7, 11) is 0. The van der Waals surface area contributed by atoms with Crippen LogP contribution < -0.4 is 4.90 Å². The number of thioether (sulfide) groups is 1. The number of aromatic nitrogens is 2. The molecule has 1 aliphatic rings. The van der Waals surface area contributed by atoms with Crippen molar-refractivity contribution in [2.75, 3.05) is 11.4 Å². The van der Waals surface area contributed by atoms with E-state index in [1.54, 1.807) is 0 Å². The van der Waals surface area contributed by atoms with Gasteiger partial charge in [-0.15, -0.1) is 0 Å². The molecule has 6 nitrogen and oxygen atoms in total. The highest BCUT2D eigenvalue weighted by Crippen LogP contribution is 2.27. The van der Waals surface area contributed by atoms with Crippen LogP contribution >= 0.6 is 11.8 Å². The van der Waals surface area contributed by atoms with Crippen LogP contribution in [0.3, 0.4) is 0 Å². The van der Waals surface area contributed by atoms with Crippen LogP contribution in [0.15, 0.2) is 4.52 Å². The molecule has 1 atom stereocenters. The van der Waals surface area contributed by atoms with Crippen molar-refractivity contribution in [1.29, 1.82) is 0 Å². The molecule has 0 aliphatic carbocycles. The Morgan fingerprint density at radius 3 is 2.83 bits per heavy atom. The standard InChI is InChI=1S/C11H15N3O3S/c1-6(2)10-12-11(13-17-10)14-5-8(4-9(14)16)18-7(3)15/h6,8H,4-5H2,1-3H3. The predicted molar refractivity (Wildman–Crippen MR) is 67.4 cm³/mol. The summed E-state index contributed by atoms with van der Waals surface area (Å²) in [5, 5.41) is 3.81. The molecule has 1 aromatic heterocycles. The predicted octanol–water partition coefficient (Wildman–Crippen LogP) is 1.58. The molecular formula is C11H15N3O3S. The van der Waals surface area contributed by atoms with E-state index in [-0.39, 0.29) is 22.2 Å². The molecule has 98 valence electrons. The summed E-state index contributed by atoms with van der Waals surface area (Å²) in [6.45, 7) is 5.85. The van der Waals surface area contributed by atoms with E-state index in [0.29, 0.717) is 24.8 Å². The number of rotatable bonds is 3. The maximum atomic E-state index is 11.8. The van der Waals surface area contributed by atoms with Gasteiger partial charge in [0.25, 0.3) is 5.95 Å². The third-order valence-corrected chi connectivity index (χ3v) is 3.57. The molecule has 0 aromatic carbocycles. The summed E-state index contributed by atoms with van der Waals surface area (Å²) in [5.74, 6) is 0.882. The second kappa shape index (κ2) is 5.09. The molecule has 18 heavy (non-hydrogen) atoms. The molecule has 1 unspecified atom stereocenters. The first kappa shape index (κ1) is 13.1. The highest BCUT2D eigenvalue weighted by atomic mass is 32.2. The third-order valence-electron chi connectivity index (χ3n) is 2.59. The van der Waals surface area contributed by atoms with E-state index in [2.05, 4.69) is 10.1 Å². The van der Waals surface area contributed by atoms with Gasteiger partial charge >= 0.3 is 0 Å². The lowest BCUT2D eigenvalue weighted by Gasteiger charge is -2.10. The summed E-state index contributed by atoms with van der Waals surface area (Å²) < 4.78 is 5.07. The molecule has 0 N–H and O–H groups in total. The first-order chi connectivity index (χ1) is 8.47. The van der Waals surface area contributed by atoms with Gasteiger partial charge in [-0.05, 0) is 5.16 Å². The van der Waals surface area contributed by atoms with Gasteiger partial charge in [0.1, 0.15) is 0 Å². The average molecular weight is 269 g/mol. The molecule has 1 fully saturated rings. The fourth-order valence-corrected chi connectivity index (χ4v) is 2.67. The lowest BCUT2D eigenvalue weighted by molar-refractivity contribution is -0.117. The molecule has 0 saturated carbocycles. The molecule has 0 radical (unpaired) electrons. The van der Waals surface area contributed by atoms with Crippen LogP contribution in [-0.2, 0) is 9.59 Å². The SMILES string of the molecule is CC(=O)SC1CC(=O)N(c2noc(C(C)C)n2)C1. The second-order valence-corrected chi connectivity index (χ2v) is 6.00. The first-order valence-electron chi connectivity index (χ1n) is 5.78. The zero-order valence-electron chi connectivity index (χ0n) is 10.5. The van der Waals surface area contributed by atoms with Crippen molar-refractivity contribution in [3.63, 3.8) is 0 Å². The first-order valence-corrected chi connectivity index (χ1v) is 6.66. The number of amides is 1. The molecule has 1 aliphatic heterocycles. The Bertz CT molecular complexity index is 472. The van der Waals surface area contributed by atoms with Crippen molar-refractivity contribution in [2.45, 2.75) is 38.4 Å². The highest BCUT2D eigenvalue weighted by molar-refractivity contribution is 8.14. The molecule has 7 heteroatoms. The largest absolute Gasteiger partial charge is 0.337 e. The van der Waals surface area contributed by atoms with Crippen LogP contribution in [0, 0.1) is 0 Å². The van der Waals surface area contributed by atoms with Crippen molar-refractivity contribution < 1.29 is 14.1 Å². The topological polar surface area (TPSA) is 76.3 Å². The molecule has 0 bridgehead atoms. The highest BCUT2D eigenvalue weighted by Gasteiger charge is 2.34. The zero-order chi connectivity index (χ0) is 13.3. The van der Waals surface area contributed by atoms with Crippen LogP contribution in [-0.4, -0.2) is 33.0 Å². The number of nitrogens with zero attached hydrogens (tertiary/aromatic N) is 3. The van der Waals surface area contributed by atoms with Gasteiger partial charge in [0.05, 0.1) is 0 Å². The third kappa shape index (κ3) is 2.72. The van der Waals surface area contributed by atoms with Gasteiger partial charge in [0, 0.05) is 31.1 Å². The summed E-state index contributed by atoms with van der Waals surface area (Å²) in [5.41, 5.74) is 0. The number of carbonyl (C=O) groups excluding carboxylic acids is 2. The average Bonchev–Trinajstić information content (AvgIpc) is 2.83. The summed E-state index contributed by atoms with van der Waals surface area (Å²) >= 11 is 1.19. The van der Waals surface area contributed by atoms with Gasteiger partial charge in [-0.3, -0.25) is 14.5 Å². The van der Waals surface area contributed by atoms with Crippen LogP contribution in [0.25, 0.3) is 0 Å². The van der Waals surface area contributed by atoms with Gasteiger partial charge in [-0.1, -0.05) is 25.6 Å². The molecule has 1 saturated heterocycles. The monoisotopic (exact) mass is 269 g/mol. The Morgan fingerprint density at radius 2 is 2.28 bits per heavy atom. The minimum Gasteiger partial charge on any atom is -0.337 e. The van der Waals surface area contributed by atoms with Crippen LogP contribution in [0.4, 0.5) is 5.95 Å². The second-order valence-electron chi connectivity index (χ2n) is 4.53. The lowest BCUT2D eigenvalue weighted by Crippen LogP contribution is -2.26. The molecule has 2 heterocycles. The summed E-state index contributed by atoms with van der Waals surface area (Å²) in [6, 6.07) is 0. The van der Waals surface area contributed by atoms with Crippen LogP contribution in [0.1, 0.15) is 39.0 Å². The summed E-state index contributed by atoms with van der Waals surface area (Å²) in [6.07, 6.45) is 0.343. The Morgan fingerprint density at radius 1 is 1.56 bits per heavy atom. The van der Waals surface area contributed by atoms with Crippen LogP contribution in [0.5, 0.6) is 0 Å². The Balaban J connectivity index is 2.09. The normalized spacial score (nSPS) is 19.9. The number of anilines is 1. The maximum absolute atomic E-state index is 11.8. The minimum atomic E-state index is -0.0649. The van der Waals surface area contributed by atoms with Crippen molar-refractivity contribution in [1.82, 2.24) is 10.1 Å². The molecule has 2 rings (SSSR count). The van der Waals surface area contributed by atoms with Crippen molar-refractivity contribution in [3.05, 3.63) is 5.89 Å². The van der Waals surface area contributed by atoms with Crippen LogP contribution in [0.2, 0.25) is 0 Å². The zero-order valence-corrected chi connectivity index (χ0v) is 11.4. The van der Waals surface area contributed by atoms with E-state index in [4.69, 9.17) is 4.52 Å². The Labute approximate surface area is 109 Å². The van der Waals surface area contributed by atoms with E-state index < -0.39 is 0 Å². The number of hydrogen-bond acceptors (Lipinski definition) is 6. The van der Waals surface area contributed by atoms with E-state index in [9.17, 15) is 9.59 Å². The molecule has 1 amide bonds. The van der Waals surface area contributed by atoms with E-state index >= 15 is 0 Å². The van der Waals surface area contributed by atoms with E-state index in [1.165, 1.54) is 23.6 Å². The maximum Gasteiger partial charge on any atom is 0.272 e. The molecule has 0 spiro atoms. The van der Waals surface area contributed by atoms with E-state index in [0.717, 1.165) is 0 Å². The van der Waals surface area contributed by atoms with Gasteiger partial charge in [0.15, 0.2) is 5.12 Å². The van der Waals surface area contributed by atoms with Crippen molar-refractivity contribution in [3.8, 4) is 0 Å². The van der Waals surface area contributed by atoms with Gasteiger partial charge in [-0.25, -0.2) is 0 Å². The number of carbonyl (C=O) groups is 2. The Kier molecular flexibility index (Phi) is 3.70. The van der Waals surface area contributed by atoms with Gasteiger partial charge in [-0.2, -0.15) is 4.98 Å². The smallest absolute Gasteiger partial charge is 0.272 e. The summed E-state index contributed by atoms with van der Waals surface area (Å²) in [4.78, 5) is 28.5. The van der Waals surface area contributed by atoms with E-state index in [1.807, 2.05) is 13.8 Å². The molecular weight excluding hydrogens is 254 g/mol. The van der Waals surface area contributed by atoms with Crippen molar-refractivity contribution in [2.24, 2.45) is 0 Å². The minimum absolute atomic E-state index is 0.0176. The quantitative estimate of drug-likeness (QED) is 0.829. The molecule has 1 aromatic rings. The fourth-order valence-electron chi connectivity index (χ4n) is 1.75. The Hall–Kier alpha value is -1.37. The number of hydrogen-bond donors (Lipinski definition) is 0. The fraction of sp³-hybridized carbons (Fsp3) is 0.636. The van der Waals surface area contributed by atoms with Crippen molar-refractivity contribution >= 4 is 28.7 Å². The van der Waals surface area contributed by atoms with Gasteiger partial charge in [0.2, 0.25) is 11.8 Å². The van der Waals surface area contributed by atoms with Gasteiger partial charge < -0.3 is 4.52 Å².